The molecule has 2 aromatic carbocycles. The van der Waals surface area contributed by atoms with Crippen molar-refractivity contribution in [1.29, 1.82) is 0 Å². The van der Waals surface area contributed by atoms with Crippen molar-refractivity contribution in [3.05, 3.63) is 51.1 Å². The third-order valence-corrected chi connectivity index (χ3v) is 6.16. The summed E-state index contributed by atoms with van der Waals surface area (Å²) in [5.74, 6) is 1.39. The van der Waals surface area contributed by atoms with Crippen LogP contribution in [-0.2, 0) is 0 Å². The van der Waals surface area contributed by atoms with Crippen LogP contribution < -0.4 is 9.64 Å². The van der Waals surface area contributed by atoms with Crippen molar-refractivity contribution < 1.29 is 4.74 Å². The van der Waals surface area contributed by atoms with E-state index >= 15 is 0 Å². The molecule has 4 heteroatoms. The zero-order valence-corrected chi connectivity index (χ0v) is 18.4. The Hall–Kier alpha value is -1.56. The number of benzene rings is 2. The molecule has 26 heavy (non-hydrogen) atoms. The summed E-state index contributed by atoms with van der Waals surface area (Å²) in [5.41, 5.74) is 4.85. The fourth-order valence-corrected chi connectivity index (χ4v) is 4.63. The highest BCUT2D eigenvalue weighted by atomic mass is 127. The van der Waals surface area contributed by atoms with Gasteiger partial charge in [0, 0.05) is 39.2 Å². The first-order valence-electron chi connectivity index (χ1n) is 9.15. The van der Waals surface area contributed by atoms with E-state index in [9.17, 15) is 0 Å². The van der Waals surface area contributed by atoms with Gasteiger partial charge in [-0.05, 0) is 79.5 Å². The van der Waals surface area contributed by atoms with Gasteiger partial charge in [-0.25, -0.2) is 0 Å². The number of nitrogens with zero attached hydrogens (tertiary/aromatic N) is 2. The monoisotopic (exact) mass is 462 g/mol. The summed E-state index contributed by atoms with van der Waals surface area (Å²) in [4.78, 5) is 7.19. The number of hydrogen-bond donors (Lipinski definition) is 0. The first-order chi connectivity index (χ1) is 12.4. The van der Waals surface area contributed by atoms with Gasteiger partial charge in [-0.2, -0.15) is 0 Å². The van der Waals surface area contributed by atoms with Crippen molar-refractivity contribution in [1.82, 2.24) is 0 Å². The van der Waals surface area contributed by atoms with Gasteiger partial charge in [-0.3, -0.25) is 4.99 Å². The minimum absolute atomic E-state index is 0.155. The Bertz CT molecular complexity index is 829. The van der Waals surface area contributed by atoms with Crippen molar-refractivity contribution in [3.8, 4) is 5.75 Å². The SMILES string of the molecule is CCN1c2cc(OC)c(C=Nc3ccccc3I)cc2C(C)CC1(C)C. The van der Waals surface area contributed by atoms with Gasteiger partial charge < -0.3 is 9.64 Å². The second-order valence-electron chi connectivity index (χ2n) is 7.52. The van der Waals surface area contributed by atoms with Crippen molar-refractivity contribution in [3.63, 3.8) is 0 Å². The summed E-state index contributed by atoms with van der Waals surface area (Å²) in [6.07, 6.45) is 3.08. The maximum absolute atomic E-state index is 5.71. The van der Waals surface area contributed by atoms with Gasteiger partial charge in [0.1, 0.15) is 5.75 Å². The highest BCUT2D eigenvalue weighted by Gasteiger charge is 2.36. The van der Waals surface area contributed by atoms with Crippen molar-refractivity contribution in [2.75, 3.05) is 18.6 Å². The molecule has 3 rings (SSSR count). The van der Waals surface area contributed by atoms with E-state index in [-0.39, 0.29) is 5.54 Å². The van der Waals surface area contributed by atoms with E-state index in [2.05, 4.69) is 73.4 Å². The standard InChI is InChI=1S/C22H27IN2O/c1-6-25-20-12-21(26-5)16(11-17(20)15(2)13-22(25,3)4)14-24-19-10-8-7-9-18(19)23/h7-12,14-15H,6,13H2,1-5H3. The molecule has 1 atom stereocenters. The lowest BCUT2D eigenvalue weighted by molar-refractivity contribution is 0.377. The van der Waals surface area contributed by atoms with Gasteiger partial charge in [0.25, 0.3) is 0 Å². The van der Waals surface area contributed by atoms with Crippen molar-refractivity contribution in [2.24, 2.45) is 4.99 Å². The molecule has 2 aromatic rings. The summed E-state index contributed by atoms with van der Waals surface area (Å²) in [7, 11) is 1.74. The molecule has 0 fully saturated rings. The number of rotatable bonds is 4. The average molecular weight is 462 g/mol. The van der Waals surface area contributed by atoms with E-state index in [1.54, 1.807) is 7.11 Å². The minimum atomic E-state index is 0.155. The first kappa shape index (κ1) is 19.2. The third-order valence-electron chi connectivity index (χ3n) is 5.25. The van der Waals surface area contributed by atoms with Crippen LogP contribution in [0.3, 0.4) is 0 Å². The lowest BCUT2D eigenvalue weighted by Gasteiger charge is -2.47. The normalized spacial score (nSPS) is 18.8. The van der Waals surface area contributed by atoms with Crippen LogP contribution in [0, 0.1) is 3.57 Å². The molecule has 0 aromatic heterocycles. The molecule has 0 radical (unpaired) electrons. The van der Waals surface area contributed by atoms with Crippen molar-refractivity contribution >= 4 is 40.2 Å². The Labute approximate surface area is 170 Å². The van der Waals surface area contributed by atoms with Gasteiger partial charge in [0.05, 0.1) is 12.8 Å². The number of methoxy groups -OCH3 is 1. The molecule has 1 unspecified atom stereocenters. The van der Waals surface area contributed by atoms with E-state index in [1.165, 1.54) is 11.3 Å². The summed E-state index contributed by atoms with van der Waals surface area (Å²) in [5, 5.41) is 0. The second-order valence-corrected chi connectivity index (χ2v) is 8.69. The van der Waals surface area contributed by atoms with E-state index in [0.29, 0.717) is 5.92 Å². The first-order valence-corrected chi connectivity index (χ1v) is 10.2. The summed E-state index contributed by atoms with van der Waals surface area (Å²) in [6.45, 7) is 10.2. The van der Waals surface area contributed by atoms with Crippen LogP contribution in [0.25, 0.3) is 0 Å². The van der Waals surface area contributed by atoms with E-state index in [4.69, 9.17) is 9.73 Å². The number of halogens is 1. The van der Waals surface area contributed by atoms with Gasteiger partial charge in [0.2, 0.25) is 0 Å². The molecule has 0 saturated carbocycles. The van der Waals surface area contributed by atoms with Crippen LogP contribution in [0.4, 0.5) is 11.4 Å². The predicted octanol–water partition coefficient (Wildman–Crippen LogP) is 6.16. The van der Waals surface area contributed by atoms with Gasteiger partial charge in [-0.15, -0.1) is 0 Å². The smallest absolute Gasteiger partial charge is 0.129 e. The minimum Gasteiger partial charge on any atom is -0.496 e. The molecule has 0 bridgehead atoms. The quantitative estimate of drug-likeness (QED) is 0.402. The summed E-state index contributed by atoms with van der Waals surface area (Å²) < 4.78 is 6.85. The predicted molar refractivity (Wildman–Crippen MR) is 120 cm³/mol. The Morgan fingerprint density at radius 1 is 1.31 bits per heavy atom. The van der Waals surface area contributed by atoms with Crippen LogP contribution >= 0.6 is 22.6 Å². The van der Waals surface area contributed by atoms with Crippen LogP contribution in [0.5, 0.6) is 5.75 Å². The lowest BCUT2D eigenvalue weighted by Crippen LogP contribution is -2.48. The van der Waals surface area contributed by atoms with Crippen molar-refractivity contribution in [2.45, 2.75) is 45.6 Å². The Morgan fingerprint density at radius 3 is 2.69 bits per heavy atom. The Balaban J connectivity index is 2.06. The number of aliphatic imine (C=N–C) groups is 1. The number of fused-ring (bicyclic) bond motifs is 1. The van der Waals surface area contributed by atoms with E-state index < -0.39 is 0 Å². The zero-order chi connectivity index (χ0) is 18.9. The molecule has 3 nitrogen and oxygen atoms in total. The maximum Gasteiger partial charge on any atom is 0.129 e. The van der Waals surface area contributed by atoms with Gasteiger partial charge >= 0.3 is 0 Å². The van der Waals surface area contributed by atoms with Crippen LogP contribution in [0.2, 0.25) is 0 Å². The highest BCUT2D eigenvalue weighted by Crippen LogP contribution is 2.45. The lowest BCUT2D eigenvalue weighted by atomic mass is 9.79. The average Bonchev–Trinajstić information content (AvgIpc) is 2.60. The molecule has 138 valence electrons. The van der Waals surface area contributed by atoms with E-state index in [1.807, 2.05) is 24.4 Å². The molecule has 1 heterocycles. The van der Waals surface area contributed by atoms with Crippen LogP contribution in [0.15, 0.2) is 41.4 Å². The Morgan fingerprint density at radius 2 is 2.04 bits per heavy atom. The molecule has 0 spiro atoms. The van der Waals surface area contributed by atoms with Gasteiger partial charge in [0.15, 0.2) is 0 Å². The number of hydrogen-bond acceptors (Lipinski definition) is 3. The molecule has 1 aliphatic rings. The topological polar surface area (TPSA) is 24.8 Å². The summed E-state index contributed by atoms with van der Waals surface area (Å²) >= 11 is 2.32. The fourth-order valence-electron chi connectivity index (χ4n) is 4.10. The number of para-hydroxylation sites is 1. The molecule has 0 aliphatic carbocycles. The highest BCUT2D eigenvalue weighted by molar-refractivity contribution is 14.1. The molecule has 0 amide bonds. The number of anilines is 1. The molecular weight excluding hydrogens is 435 g/mol. The maximum atomic E-state index is 5.71. The molecule has 1 aliphatic heterocycles. The Kier molecular flexibility index (Phi) is 5.61. The van der Waals surface area contributed by atoms with Crippen LogP contribution in [0.1, 0.15) is 51.2 Å². The van der Waals surface area contributed by atoms with E-state index in [0.717, 1.165) is 33.5 Å². The number of ether oxygens (including phenoxy) is 1. The summed E-state index contributed by atoms with van der Waals surface area (Å²) in [6, 6.07) is 12.6. The molecule has 0 N–H and O–H groups in total. The molecular formula is C22H27IN2O. The molecule has 0 saturated heterocycles. The largest absolute Gasteiger partial charge is 0.496 e. The van der Waals surface area contributed by atoms with Crippen LogP contribution in [-0.4, -0.2) is 25.4 Å². The zero-order valence-electron chi connectivity index (χ0n) is 16.2. The fraction of sp³-hybridized carbons (Fsp3) is 0.409. The third kappa shape index (κ3) is 3.61. The second kappa shape index (κ2) is 7.59. The van der Waals surface area contributed by atoms with Gasteiger partial charge in [-0.1, -0.05) is 19.1 Å².